The number of carbonyl (C=O) groups excluding carboxylic acids is 2. The van der Waals surface area contributed by atoms with Crippen molar-refractivity contribution in [1.29, 1.82) is 0 Å². The highest BCUT2D eigenvalue weighted by Gasteiger charge is 2.16. The molecule has 2 aromatic rings. The first-order valence-corrected chi connectivity index (χ1v) is 9.57. The number of amides is 2. The molecule has 0 spiro atoms. The lowest BCUT2D eigenvalue weighted by atomic mass is 10.1. The third-order valence-electron chi connectivity index (χ3n) is 4.10. The van der Waals surface area contributed by atoms with Gasteiger partial charge in [-0.1, -0.05) is 6.07 Å². The van der Waals surface area contributed by atoms with Crippen LogP contribution in [0.15, 0.2) is 42.5 Å². The van der Waals surface area contributed by atoms with Crippen molar-refractivity contribution in [3.8, 4) is 11.5 Å². The average Bonchev–Trinajstić information content (AvgIpc) is 2.67. The normalized spacial score (nSPS) is 12.8. The lowest BCUT2D eigenvalue weighted by Gasteiger charge is -2.19. The molecule has 0 saturated heterocycles. The van der Waals surface area contributed by atoms with E-state index in [1.807, 2.05) is 18.2 Å². The predicted octanol–water partition coefficient (Wildman–Crippen LogP) is 3.78. The molecule has 1 aliphatic rings. The minimum atomic E-state index is -0.568. The third kappa shape index (κ3) is 6.14. The highest BCUT2D eigenvalue weighted by molar-refractivity contribution is 5.95. The Morgan fingerprint density at radius 3 is 2.38 bits per heavy atom. The van der Waals surface area contributed by atoms with Gasteiger partial charge in [0.15, 0.2) is 11.5 Å². The smallest absolute Gasteiger partial charge is 0.412 e. The predicted molar refractivity (Wildman–Crippen MR) is 110 cm³/mol. The molecule has 0 atom stereocenters. The summed E-state index contributed by atoms with van der Waals surface area (Å²) in [6.07, 6.45) is 0.148. The van der Waals surface area contributed by atoms with Crippen molar-refractivity contribution in [1.82, 2.24) is 5.32 Å². The maximum Gasteiger partial charge on any atom is 0.412 e. The van der Waals surface area contributed by atoms with Gasteiger partial charge in [-0.3, -0.25) is 10.1 Å². The number of hydrogen-bond donors (Lipinski definition) is 2. The molecule has 0 fully saturated rings. The van der Waals surface area contributed by atoms with Crippen molar-refractivity contribution in [3.63, 3.8) is 0 Å². The van der Waals surface area contributed by atoms with E-state index in [9.17, 15) is 9.59 Å². The summed E-state index contributed by atoms with van der Waals surface area (Å²) in [6.45, 7) is 7.00. The van der Waals surface area contributed by atoms with Crippen molar-refractivity contribution in [2.75, 3.05) is 25.1 Å². The number of hydrogen-bond acceptors (Lipinski definition) is 5. The lowest BCUT2D eigenvalue weighted by Crippen LogP contribution is -2.27. The quantitative estimate of drug-likeness (QED) is 0.801. The Hall–Kier alpha value is -3.22. The Balaban J connectivity index is 1.47. The molecule has 7 heteroatoms. The van der Waals surface area contributed by atoms with Crippen molar-refractivity contribution >= 4 is 17.7 Å². The maximum atomic E-state index is 12.3. The van der Waals surface area contributed by atoms with Gasteiger partial charge in [0.25, 0.3) is 5.91 Å². The molecule has 0 aliphatic carbocycles. The monoisotopic (exact) mass is 398 g/mol. The first-order valence-electron chi connectivity index (χ1n) is 9.57. The standard InChI is InChI=1S/C22H26N2O5/c1-22(2,3)29-21(26)24-17-7-5-16(6-8-17)20(25)23-11-10-15-4-9-18-19(14-15)28-13-12-27-18/h4-9,14H,10-13H2,1-3H3,(H,23,25)(H,24,26). The molecule has 154 valence electrons. The zero-order chi connectivity index (χ0) is 20.9. The van der Waals surface area contributed by atoms with Crippen LogP contribution >= 0.6 is 0 Å². The van der Waals surface area contributed by atoms with Gasteiger partial charge in [0.1, 0.15) is 18.8 Å². The summed E-state index contributed by atoms with van der Waals surface area (Å²) in [5, 5.41) is 5.53. The minimum absolute atomic E-state index is 0.175. The molecule has 1 aliphatic heterocycles. The van der Waals surface area contributed by atoms with Crippen LogP contribution in [-0.2, 0) is 11.2 Å². The second kappa shape index (κ2) is 8.86. The molecule has 7 nitrogen and oxygen atoms in total. The topological polar surface area (TPSA) is 85.9 Å². The number of rotatable bonds is 5. The van der Waals surface area contributed by atoms with Gasteiger partial charge < -0.3 is 19.5 Å². The van der Waals surface area contributed by atoms with Crippen LogP contribution in [-0.4, -0.2) is 37.4 Å². The van der Waals surface area contributed by atoms with Gasteiger partial charge in [-0.25, -0.2) is 4.79 Å². The first kappa shape index (κ1) is 20.5. The molecule has 1 heterocycles. The van der Waals surface area contributed by atoms with E-state index < -0.39 is 11.7 Å². The zero-order valence-corrected chi connectivity index (χ0v) is 16.9. The van der Waals surface area contributed by atoms with Crippen molar-refractivity contribution in [2.45, 2.75) is 32.8 Å². The van der Waals surface area contributed by atoms with Gasteiger partial charge in [-0.15, -0.1) is 0 Å². The van der Waals surface area contributed by atoms with Crippen LogP contribution in [0.2, 0.25) is 0 Å². The van der Waals surface area contributed by atoms with E-state index in [0.29, 0.717) is 37.4 Å². The zero-order valence-electron chi connectivity index (χ0n) is 16.9. The van der Waals surface area contributed by atoms with Gasteiger partial charge in [-0.2, -0.15) is 0 Å². The fourth-order valence-corrected chi connectivity index (χ4v) is 2.79. The molecule has 2 aromatic carbocycles. The van der Waals surface area contributed by atoms with Gasteiger partial charge >= 0.3 is 6.09 Å². The van der Waals surface area contributed by atoms with E-state index in [1.165, 1.54) is 0 Å². The van der Waals surface area contributed by atoms with E-state index >= 15 is 0 Å². The summed E-state index contributed by atoms with van der Waals surface area (Å²) in [5.41, 5.74) is 1.57. The van der Waals surface area contributed by atoms with Crippen LogP contribution in [0.1, 0.15) is 36.7 Å². The molecular weight excluding hydrogens is 372 g/mol. The summed E-state index contributed by atoms with van der Waals surface area (Å²) in [5.74, 6) is 1.32. The van der Waals surface area contributed by atoms with Gasteiger partial charge in [0.05, 0.1) is 0 Å². The maximum absolute atomic E-state index is 12.3. The summed E-state index contributed by atoms with van der Waals surface area (Å²) in [4.78, 5) is 24.1. The largest absolute Gasteiger partial charge is 0.486 e. The molecular formula is C22H26N2O5. The highest BCUT2D eigenvalue weighted by Crippen LogP contribution is 2.30. The summed E-state index contributed by atoms with van der Waals surface area (Å²) >= 11 is 0. The van der Waals surface area contributed by atoms with Gasteiger partial charge in [-0.05, 0) is 69.2 Å². The van der Waals surface area contributed by atoms with E-state index in [4.69, 9.17) is 14.2 Å². The van der Waals surface area contributed by atoms with E-state index in [-0.39, 0.29) is 5.91 Å². The Bertz CT molecular complexity index is 872. The molecule has 0 unspecified atom stereocenters. The second-order valence-electron chi connectivity index (χ2n) is 7.69. The van der Waals surface area contributed by atoms with Crippen LogP contribution < -0.4 is 20.1 Å². The van der Waals surface area contributed by atoms with Crippen LogP contribution in [0.5, 0.6) is 11.5 Å². The first-order chi connectivity index (χ1) is 13.8. The molecule has 2 amide bonds. The molecule has 3 rings (SSSR count). The molecule has 29 heavy (non-hydrogen) atoms. The van der Waals surface area contributed by atoms with Gasteiger partial charge in [0.2, 0.25) is 0 Å². The van der Waals surface area contributed by atoms with Crippen LogP contribution in [0.3, 0.4) is 0 Å². The SMILES string of the molecule is CC(C)(C)OC(=O)Nc1ccc(C(=O)NCCc2ccc3c(c2)OCCO3)cc1. The minimum Gasteiger partial charge on any atom is -0.486 e. The molecule has 0 saturated carbocycles. The van der Waals surface area contributed by atoms with Crippen LogP contribution in [0.4, 0.5) is 10.5 Å². The van der Waals surface area contributed by atoms with Crippen LogP contribution in [0, 0.1) is 0 Å². The Morgan fingerprint density at radius 2 is 1.69 bits per heavy atom. The number of fused-ring (bicyclic) bond motifs is 1. The summed E-state index contributed by atoms with van der Waals surface area (Å²) in [7, 11) is 0. The lowest BCUT2D eigenvalue weighted by molar-refractivity contribution is 0.0635. The molecule has 0 bridgehead atoms. The van der Waals surface area contributed by atoms with E-state index in [2.05, 4.69) is 10.6 Å². The van der Waals surface area contributed by atoms with Gasteiger partial charge in [0, 0.05) is 17.8 Å². The van der Waals surface area contributed by atoms with E-state index in [1.54, 1.807) is 45.0 Å². The number of anilines is 1. The highest BCUT2D eigenvalue weighted by atomic mass is 16.6. The average molecular weight is 398 g/mol. The third-order valence-corrected chi connectivity index (χ3v) is 4.10. The number of benzene rings is 2. The fourth-order valence-electron chi connectivity index (χ4n) is 2.79. The van der Waals surface area contributed by atoms with Crippen molar-refractivity contribution in [2.24, 2.45) is 0 Å². The summed E-state index contributed by atoms with van der Waals surface area (Å²) in [6, 6.07) is 12.5. The Labute approximate surface area is 170 Å². The van der Waals surface area contributed by atoms with Crippen molar-refractivity contribution < 1.29 is 23.8 Å². The summed E-state index contributed by atoms with van der Waals surface area (Å²) < 4.78 is 16.3. The number of nitrogens with one attached hydrogen (secondary N) is 2. The Morgan fingerprint density at radius 1 is 1.00 bits per heavy atom. The number of ether oxygens (including phenoxy) is 3. The fraction of sp³-hybridized carbons (Fsp3) is 0.364. The molecule has 0 radical (unpaired) electrons. The van der Waals surface area contributed by atoms with Crippen LogP contribution in [0.25, 0.3) is 0 Å². The second-order valence-corrected chi connectivity index (χ2v) is 7.69. The Kier molecular flexibility index (Phi) is 6.26. The van der Waals surface area contributed by atoms with E-state index in [0.717, 1.165) is 17.1 Å². The van der Waals surface area contributed by atoms with Crippen molar-refractivity contribution in [3.05, 3.63) is 53.6 Å². The molecule has 2 N–H and O–H groups in total. The number of carbonyl (C=O) groups is 2. The molecule has 0 aromatic heterocycles.